The smallest absolute Gasteiger partial charge is 0.331 e. The summed E-state index contributed by atoms with van der Waals surface area (Å²) in [6, 6.07) is 0. The number of Topliss-reactive ketones (excluding diaryl/α,β-unsaturated/α-hetero) is 1. The number of thioether (sulfide) groups is 1. The summed E-state index contributed by atoms with van der Waals surface area (Å²) in [5.41, 5.74) is 4.04. The quantitative estimate of drug-likeness (QED) is 0.249. The first-order chi connectivity index (χ1) is 9.38. The number of hydrogen-bond donors (Lipinski definition) is 4. The third-order valence-electron chi connectivity index (χ3n) is 3.23. The van der Waals surface area contributed by atoms with E-state index in [-0.39, 0.29) is 18.6 Å². The Labute approximate surface area is 136 Å². The number of carbonyl (C=O) groups excluding carboxylic acids is 1. The number of ketones is 1. The SMILES string of the molecule is CSCCC(N)(C(=O)O)C(=O)CCCCC(S)CCS. The number of unbranched alkanes of at least 4 members (excludes halogenated alkanes) is 1. The zero-order valence-electron chi connectivity index (χ0n) is 11.9. The molecule has 0 aliphatic rings. The second-order valence-corrected chi connectivity index (χ2v) is 7.02. The maximum absolute atomic E-state index is 12.0. The monoisotopic (exact) mass is 339 g/mol. The Hall–Kier alpha value is 0.150. The molecule has 0 aromatic rings. The van der Waals surface area contributed by atoms with Gasteiger partial charge in [-0.1, -0.05) is 6.42 Å². The van der Waals surface area contributed by atoms with Crippen molar-refractivity contribution >= 4 is 48.8 Å². The zero-order valence-corrected chi connectivity index (χ0v) is 14.5. The van der Waals surface area contributed by atoms with E-state index in [2.05, 4.69) is 25.3 Å². The molecule has 4 nitrogen and oxygen atoms in total. The molecule has 0 saturated carbocycles. The first-order valence-corrected chi connectivity index (χ1v) is 9.26. The fourth-order valence-electron chi connectivity index (χ4n) is 1.81. The van der Waals surface area contributed by atoms with Crippen molar-refractivity contribution in [3.8, 4) is 0 Å². The minimum Gasteiger partial charge on any atom is -0.480 e. The highest BCUT2D eigenvalue weighted by Crippen LogP contribution is 2.18. The molecular formula is C13H25NO3S3. The number of carboxylic acids is 1. The Balaban J connectivity index is 4.18. The van der Waals surface area contributed by atoms with E-state index in [1.165, 1.54) is 11.8 Å². The maximum Gasteiger partial charge on any atom is 0.331 e. The molecule has 0 rings (SSSR count). The van der Waals surface area contributed by atoms with Crippen molar-refractivity contribution in [2.75, 3.05) is 17.8 Å². The largest absolute Gasteiger partial charge is 0.480 e. The topological polar surface area (TPSA) is 80.4 Å². The third-order valence-corrected chi connectivity index (χ3v) is 4.62. The van der Waals surface area contributed by atoms with Crippen molar-refractivity contribution in [1.82, 2.24) is 0 Å². The standard InChI is InChI=1S/C13H25NO3S3/c1-20-9-7-13(14,12(16)17)11(15)5-3-2-4-10(19)6-8-18/h10,18-19H,2-9,14H2,1H3,(H,16,17). The van der Waals surface area contributed by atoms with Gasteiger partial charge in [0, 0.05) is 11.7 Å². The molecule has 0 spiro atoms. The minimum absolute atomic E-state index is 0.178. The van der Waals surface area contributed by atoms with Crippen molar-refractivity contribution in [2.45, 2.75) is 49.3 Å². The van der Waals surface area contributed by atoms with Crippen molar-refractivity contribution in [1.29, 1.82) is 0 Å². The lowest BCUT2D eigenvalue weighted by molar-refractivity contribution is -0.148. The van der Waals surface area contributed by atoms with Crippen LogP contribution >= 0.6 is 37.0 Å². The van der Waals surface area contributed by atoms with Crippen molar-refractivity contribution in [2.24, 2.45) is 5.73 Å². The molecule has 118 valence electrons. The summed E-state index contributed by atoms with van der Waals surface area (Å²) in [6.45, 7) is 0. The van der Waals surface area contributed by atoms with Crippen LogP contribution in [0.4, 0.5) is 0 Å². The minimum atomic E-state index is -1.73. The number of carbonyl (C=O) groups is 2. The normalized spacial score (nSPS) is 15.6. The molecule has 0 bridgehead atoms. The second kappa shape index (κ2) is 10.8. The van der Waals surface area contributed by atoms with E-state index >= 15 is 0 Å². The molecule has 0 aromatic heterocycles. The molecule has 0 aromatic carbocycles. The van der Waals surface area contributed by atoms with Crippen molar-refractivity contribution in [3.63, 3.8) is 0 Å². The third kappa shape index (κ3) is 7.24. The van der Waals surface area contributed by atoms with Crippen molar-refractivity contribution < 1.29 is 14.7 Å². The van der Waals surface area contributed by atoms with Crippen LogP contribution in [-0.4, -0.2) is 45.4 Å². The van der Waals surface area contributed by atoms with Crippen molar-refractivity contribution in [3.05, 3.63) is 0 Å². The van der Waals surface area contributed by atoms with Gasteiger partial charge >= 0.3 is 5.97 Å². The average Bonchev–Trinajstić information content (AvgIpc) is 2.40. The molecule has 3 N–H and O–H groups in total. The van der Waals surface area contributed by atoms with E-state index in [4.69, 9.17) is 10.8 Å². The van der Waals surface area contributed by atoms with Gasteiger partial charge in [0.25, 0.3) is 0 Å². The highest BCUT2D eigenvalue weighted by atomic mass is 32.2. The molecule has 0 radical (unpaired) electrons. The van der Waals surface area contributed by atoms with Gasteiger partial charge in [0.2, 0.25) is 0 Å². The summed E-state index contributed by atoms with van der Waals surface area (Å²) in [7, 11) is 0. The molecule has 2 unspecified atom stereocenters. The van der Waals surface area contributed by atoms with E-state index in [1.54, 1.807) is 0 Å². The van der Waals surface area contributed by atoms with Gasteiger partial charge in [-0.3, -0.25) is 4.79 Å². The summed E-state index contributed by atoms with van der Waals surface area (Å²) >= 11 is 10.0. The second-order valence-electron chi connectivity index (χ2n) is 4.85. The highest BCUT2D eigenvalue weighted by Gasteiger charge is 2.40. The fourth-order valence-corrected chi connectivity index (χ4v) is 3.16. The Morgan fingerprint density at radius 1 is 1.35 bits per heavy atom. The van der Waals surface area contributed by atoms with Crippen LogP contribution in [0.2, 0.25) is 0 Å². The lowest BCUT2D eigenvalue weighted by atomic mass is 9.89. The fraction of sp³-hybridized carbons (Fsp3) is 0.846. The number of carboxylic acid groups (broad SMARTS) is 1. The van der Waals surface area contributed by atoms with E-state index < -0.39 is 11.5 Å². The molecule has 0 aliphatic heterocycles. The van der Waals surface area contributed by atoms with Crippen LogP contribution in [0, 0.1) is 0 Å². The predicted molar refractivity (Wildman–Crippen MR) is 92.3 cm³/mol. The Kier molecular flexibility index (Phi) is 10.9. The molecule has 0 aliphatic carbocycles. The number of aliphatic carboxylic acids is 1. The number of nitrogens with two attached hydrogens (primary N) is 1. The Morgan fingerprint density at radius 3 is 2.50 bits per heavy atom. The first kappa shape index (κ1) is 20.1. The van der Waals surface area contributed by atoms with Gasteiger partial charge in [0.15, 0.2) is 11.3 Å². The van der Waals surface area contributed by atoms with E-state index in [0.29, 0.717) is 17.4 Å². The first-order valence-electron chi connectivity index (χ1n) is 6.72. The van der Waals surface area contributed by atoms with Crippen LogP contribution in [0.5, 0.6) is 0 Å². The highest BCUT2D eigenvalue weighted by molar-refractivity contribution is 7.98. The molecular weight excluding hydrogens is 314 g/mol. The average molecular weight is 340 g/mol. The van der Waals surface area contributed by atoms with Gasteiger partial charge in [0.1, 0.15) is 0 Å². The Bertz CT molecular complexity index is 315. The molecule has 0 amide bonds. The molecule has 20 heavy (non-hydrogen) atoms. The van der Waals surface area contributed by atoms with Gasteiger partial charge in [-0.2, -0.15) is 37.0 Å². The summed E-state index contributed by atoms with van der Waals surface area (Å²) in [4.78, 5) is 23.3. The summed E-state index contributed by atoms with van der Waals surface area (Å²) in [6.07, 6.45) is 5.62. The molecule has 0 saturated heterocycles. The van der Waals surface area contributed by atoms with Crippen LogP contribution in [0.3, 0.4) is 0 Å². The summed E-state index contributed by atoms with van der Waals surface area (Å²) in [5.74, 6) is -0.232. The molecule has 0 heterocycles. The lowest BCUT2D eigenvalue weighted by Gasteiger charge is -2.22. The molecule has 7 heteroatoms. The summed E-state index contributed by atoms with van der Waals surface area (Å²) in [5, 5.41) is 9.46. The van der Waals surface area contributed by atoms with Gasteiger partial charge < -0.3 is 10.8 Å². The molecule has 0 fully saturated rings. The van der Waals surface area contributed by atoms with E-state index in [0.717, 1.165) is 25.0 Å². The number of thiol groups is 2. The maximum atomic E-state index is 12.0. The molecule has 2 atom stereocenters. The number of rotatable bonds is 12. The van der Waals surface area contributed by atoms with Crippen LogP contribution in [0.15, 0.2) is 0 Å². The van der Waals surface area contributed by atoms with E-state index in [9.17, 15) is 9.59 Å². The van der Waals surface area contributed by atoms with Crippen LogP contribution in [-0.2, 0) is 9.59 Å². The van der Waals surface area contributed by atoms with Crippen LogP contribution < -0.4 is 5.73 Å². The van der Waals surface area contributed by atoms with Gasteiger partial charge in [-0.15, -0.1) is 0 Å². The predicted octanol–water partition coefficient (Wildman–Crippen LogP) is 2.27. The zero-order chi connectivity index (χ0) is 15.6. The van der Waals surface area contributed by atoms with Gasteiger partial charge in [0.05, 0.1) is 0 Å². The van der Waals surface area contributed by atoms with Gasteiger partial charge in [-0.05, 0) is 43.4 Å². The van der Waals surface area contributed by atoms with Crippen LogP contribution in [0.1, 0.15) is 38.5 Å². The van der Waals surface area contributed by atoms with Gasteiger partial charge in [-0.25, -0.2) is 4.79 Å². The summed E-state index contributed by atoms with van der Waals surface area (Å²) < 4.78 is 0. The number of hydrogen-bond acceptors (Lipinski definition) is 6. The Morgan fingerprint density at radius 2 is 2.00 bits per heavy atom. The van der Waals surface area contributed by atoms with Crippen LogP contribution in [0.25, 0.3) is 0 Å². The van der Waals surface area contributed by atoms with E-state index in [1.807, 2.05) is 6.26 Å². The lowest BCUT2D eigenvalue weighted by Crippen LogP contribution is -2.55.